The first kappa shape index (κ1) is 14.4. The van der Waals surface area contributed by atoms with Crippen LogP contribution >= 0.6 is 12.2 Å². The molecule has 3 nitrogen and oxygen atoms in total. The molecule has 0 fully saturated rings. The molecule has 0 unspecified atom stereocenters. The summed E-state index contributed by atoms with van der Waals surface area (Å²) in [5, 5.41) is 6.45. The van der Waals surface area contributed by atoms with Gasteiger partial charge in [-0.2, -0.15) is 0 Å². The van der Waals surface area contributed by atoms with E-state index in [4.69, 9.17) is 12.2 Å². The molecule has 96 valence electrons. The van der Waals surface area contributed by atoms with E-state index in [9.17, 15) is 0 Å². The van der Waals surface area contributed by atoms with Gasteiger partial charge in [-0.3, -0.25) is 0 Å². The molecule has 0 amide bonds. The average Bonchev–Trinajstić information content (AvgIpc) is 2.37. The molecule has 0 aromatic heterocycles. The van der Waals surface area contributed by atoms with E-state index in [0.29, 0.717) is 17.6 Å². The van der Waals surface area contributed by atoms with Gasteiger partial charge >= 0.3 is 0 Å². The minimum atomic E-state index is 0.546. The Labute approximate surface area is 114 Å². The van der Waals surface area contributed by atoms with E-state index in [2.05, 4.69) is 60.5 Å². The van der Waals surface area contributed by atoms with E-state index in [-0.39, 0.29) is 0 Å². The Morgan fingerprint density at radius 2 is 2.06 bits per heavy atom. The van der Waals surface area contributed by atoms with Crippen LogP contribution in [0.5, 0.6) is 0 Å². The van der Waals surface area contributed by atoms with Crippen LogP contribution in [0.25, 0.3) is 0 Å². The van der Waals surface area contributed by atoms with Gasteiger partial charge < -0.3 is 5.32 Å². The van der Waals surface area contributed by atoms with Gasteiger partial charge in [-0.1, -0.05) is 32.1 Å². The van der Waals surface area contributed by atoms with Crippen LogP contribution in [0.1, 0.15) is 30.9 Å². The summed E-state index contributed by atoms with van der Waals surface area (Å²) >= 11 is 5.04. The zero-order valence-electron chi connectivity index (χ0n) is 10.9. The highest BCUT2D eigenvalue weighted by atomic mass is 32.1. The molecule has 3 N–H and O–H groups in total. The molecule has 4 heteroatoms. The van der Waals surface area contributed by atoms with Crippen LogP contribution in [0.15, 0.2) is 36.9 Å². The zero-order valence-corrected chi connectivity index (χ0v) is 11.7. The van der Waals surface area contributed by atoms with Crippen molar-refractivity contribution in [3.05, 3.63) is 48.0 Å². The molecule has 0 saturated heterocycles. The summed E-state index contributed by atoms with van der Waals surface area (Å²) in [7, 11) is 0. The van der Waals surface area contributed by atoms with E-state index >= 15 is 0 Å². The molecule has 0 bridgehead atoms. The molecule has 0 spiro atoms. The van der Waals surface area contributed by atoms with Gasteiger partial charge in [0, 0.05) is 12.1 Å². The van der Waals surface area contributed by atoms with Gasteiger partial charge in [0.1, 0.15) is 0 Å². The normalized spacial score (nSPS) is 10.6. The molecule has 1 rings (SSSR count). The van der Waals surface area contributed by atoms with Gasteiger partial charge in [0.25, 0.3) is 0 Å². The summed E-state index contributed by atoms with van der Waals surface area (Å²) in [6, 6.07) is 8.41. The molecule has 1 aromatic rings. The summed E-state index contributed by atoms with van der Waals surface area (Å²) in [6.45, 7) is 8.62. The van der Waals surface area contributed by atoms with Crippen molar-refractivity contribution in [3.8, 4) is 0 Å². The summed E-state index contributed by atoms with van der Waals surface area (Å²) < 4.78 is 0. The smallest absolute Gasteiger partial charge is 0.224 e. The van der Waals surface area contributed by atoms with Gasteiger partial charge in [-0.05, 0) is 35.8 Å². The fourth-order valence-electron chi connectivity index (χ4n) is 1.37. The van der Waals surface area contributed by atoms with Crippen LogP contribution in [-0.2, 0) is 0 Å². The van der Waals surface area contributed by atoms with Crippen molar-refractivity contribution in [3.63, 3.8) is 0 Å². The molecule has 0 aliphatic rings. The average molecular weight is 262 g/mol. The molecular formula is C14H20N3S+. The Morgan fingerprint density at radius 3 is 2.61 bits per heavy atom. The maximum absolute atomic E-state index is 5.04. The lowest BCUT2D eigenvalue weighted by Gasteiger charge is -2.03. The van der Waals surface area contributed by atoms with Gasteiger partial charge in [0.15, 0.2) is 6.21 Å². The van der Waals surface area contributed by atoms with Gasteiger partial charge in [0.05, 0.1) is 0 Å². The predicted octanol–water partition coefficient (Wildman–Crippen LogP) is 0.875. The van der Waals surface area contributed by atoms with Gasteiger partial charge in [0.2, 0.25) is 5.11 Å². The summed E-state index contributed by atoms with van der Waals surface area (Å²) in [6.07, 6.45) is 3.62. The summed E-state index contributed by atoms with van der Waals surface area (Å²) in [4.78, 5) is 0. The summed E-state index contributed by atoms with van der Waals surface area (Å²) in [5.74, 6) is 0.556. The van der Waals surface area contributed by atoms with Crippen molar-refractivity contribution >= 4 is 23.5 Å². The number of thiocarbonyl (C=S) groups is 1. The van der Waals surface area contributed by atoms with Crippen molar-refractivity contribution in [1.29, 1.82) is 0 Å². The van der Waals surface area contributed by atoms with Gasteiger partial charge in [-0.25, -0.2) is 0 Å². The molecule has 0 heterocycles. The van der Waals surface area contributed by atoms with E-state index in [1.54, 1.807) is 6.08 Å². The third kappa shape index (κ3) is 5.10. The second-order valence-corrected chi connectivity index (χ2v) is 4.64. The Balaban J connectivity index is 2.46. The van der Waals surface area contributed by atoms with Crippen molar-refractivity contribution in [2.45, 2.75) is 19.8 Å². The molecule has 0 aliphatic heterocycles. The lowest BCUT2D eigenvalue weighted by Crippen LogP contribution is -2.82. The zero-order chi connectivity index (χ0) is 13.4. The topological polar surface area (TPSA) is 38.0 Å². The van der Waals surface area contributed by atoms with Crippen LogP contribution in [0.2, 0.25) is 0 Å². The quantitative estimate of drug-likeness (QED) is 0.319. The van der Waals surface area contributed by atoms with E-state index in [1.165, 1.54) is 5.56 Å². The SMILES string of the molecule is C=CCNC(=S)N[NH+]=Cc1ccc(C(C)C)cc1. The van der Waals surface area contributed by atoms with Crippen molar-refractivity contribution < 1.29 is 5.10 Å². The number of rotatable bonds is 5. The third-order valence-corrected chi connectivity index (χ3v) is 2.68. The molecule has 0 atom stereocenters. The fourth-order valence-corrected chi connectivity index (χ4v) is 1.51. The highest BCUT2D eigenvalue weighted by Crippen LogP contribution is 2.13. The molecule has 1 aromatic carbocycles. The monoisotopic (exact) mass is 262 g/mol. The molecule has 0 saturated carbocycles. The van der Waals surface area contributed by atoms with Crippen molar-refractivity contribution in [1.82, 2.24) is 10.7 Å². The largest absolute Gasteiger partial charge is 0.355 e. The van der Waals surface area contributed by atoms with Crippen molar-refractivity contribution in [2.75, 3.05) is 6.54 Å². The van der Waals surface area contributed by atoms with Gasteiger partial charge in [-0.15, -0.1) is 17.1 Å². The standard InChI is InChI=1S/C14H19N3S/c1-4-9-15-14(18)17-16-10-12-5-7-13(8-6-12)11(2)3/h4-8,10-11H,1,9H2,2-3H3,(H2,15,17,18)/p+1. The molecule has 0 radical (unpaired) electrons. The lowest BCUT2D eigenvalue weighted by molar-refractivity contribution is -0.500. The first-order chi connectivity index (χ1) is 8.63. The molecular weight excluding hydrogens is 242 g/mol. The number of benzene rings is 1. The number of hydrogen-bond acceptors (Lipinski definition) is 1. The fraction of sp³-hybridized carbons (Fsp3) is 0.286. The first-order valence-electron chi connectivity index (χ1n) is 5.97. The number of nitrogens with one attached hydrogen (secondary N) is 3. The maximum atomic E-state index is 5.04. The molecule has 18 heavy (non-hydrogen) atoms. The second kappa shape index (κ2) is 7.61. The van der Waals surface area contributed by atoms with E-state index in [0.717, 1.165) is 5.56 Å². The van der Waals surface area contributed by atoms with E-state index < -0.39 is 0 Å². The maximum Gasteiger partial charge on any atom is 0.224 e. The van der Waals surface area contributed by atoms with Crippen LogP contribution in [0.4, 0.5) is 0 Å². The Hall–Kier alpha value is -1.68. The minimum absolute atomic E-state index is 0.546. The van der Waals surface area contributed by atoms with Crippen molar-refractivity contribution in [2.24, 2.45) is 0 Å². The first-order valence-corrected chi connectivity index (χ1v) is 6.37. The van der Waals surface area contributed by atoms with E-state index in [1.807, 2.05) is 6.21 Å². The highest BCUT2D eigenvalue weighted by molar-refractivity contribution is 7.80. The van der Waals surface area contributed by atoms with Crippen LogP contribution in [0, 0.1) is 0 Å². The Morgan fingerprint density at radius 1 is 1.39 bits per heavy atom. The highest BCUT2D eigenvalue weighted by Gasteiger charge is 1.99. The Bertz CT molecular complexity index is 421. The third-order valence-electron chi connectivity index (χ3n) is 2.43. The minimum Gasteiger partial charge on any atom is -0.355 e. The van der Waals surface area contributed by atoms with Crippen LogP contribution < -0.4 is 15.8 Å². The molecule has 0 aliphatic carbocycles. The lowest BCUT2D eigenvalue weighted by atomic mass is 10.0. The van der Waals surface area contributed by atoms with Crippen LogP contribution in [-0.4, -0.2) is 17.9 Å². The summed E-state index contributed by atoms with van der Waals surface area (Å²) in [5.41, 5.74) is 5.30. The number of hydrazine groups is 1. The second-order valence-electron chi connectivity index (χ2n) is 4.23. The number of hydrogen-bond donors (Lipinski definition) is 3. The van der Waals surface area contributed by atoms with Crippen LogP contribution in [0.3, 0.4) is 0 Å². The Kier molecular flexibility index (Phi) is 6.08. The number of hydrazone groups is 1. The predicted molar refractivity (Wildman–Crippen MR) is 80.6 cm³/mol.